The molecule has 0 aliphatic rings. The van der Waals surface area contributed by atoms with E-state index in [0.717, 1.165) is 0 Å². The van der Waals surface area contributed by atoms with Gasteiger partial charge in [0.1, 0.15) is 24.9 Å². The molecule has 0 rings (SSSR count). The number of Topliss-reactive ketones (excluding diaryl/α,β-unsaturated/α-hetero) is 1. The van der Waals surface area contributed by atoms with Gasteiger partial charge in [0.15, 0.2) is 5.78 Å². The molecule has 0 amide bonds. The van der Waals surface area contributed by atoms with Crippen LogP contribution in [0.5, 0.6) is 0 Å². The average molecular weight is 180 g/mol. The Labute approximate surface area is 68.7 Å². The standard InChI is InChI=1S/C6H12O6/c7-1-3(9)5(11)6(12)4(10)2-8/h3,5-9,11-12H,1-2H2/t3?,5?,6-/m0/s1. The van der Waals surface area contributed by atoms with Crippen LogP contribution in [0.1, 0.15) is 0 Å². The third-order valence-electron chi connectivity index (χ3n) is 1.39. The van der Waals surface area contributed by atoms with E-state index in [0.29, 0.717) is 0 Å². The summed E-state index contributed by atoms with van der Waals surface area (Å²) in [5.41, 5.74) is 0. The second-order valence-corrected chi connectivity index (χ2v) is 2.31. The second kappa shape index (κ2) is 5.18. The molecule has 0 saturated carbocycles. The van der Waals surface area contributed by atoms with Gasteiger partial charge in [-0.05, 0) is 0 Å². The molecule has 2 unspecified atom stereocenters. The van der Waals surface area contributed by atoms with E-state index in [4.69, 9.17) is 25.5 Å². The summed E-state index contributed by atoms with van der Waals surface area (Å²) in [6, 6.07) is 0. The summed E-state index contributed by atoms with van der Waals surface area (Å²) >= 11 is 0. The lowest BCUT2D eigenvalue weighted by atomic mass is 10.1. The first-order valence-electron chi connectivity index (χ1n) is 3.33. The van der Waals surface area contributed by atoms with E-state index in [1.54, 1.807) is 0 Å². The molecule has 0 spiro atoms. The molecule has 6 nitrogen and oxygen atoms in total. The minimum absolute atomic E-state index is 0.767. The molecule has 0 saturated heterocycles. The first-order chi connectivity index (χ1) is 5.54. The molecule has 0 aromatic rings. The highest BCUT2D eigenvalue weighted by molar-refractivity contribution is 5.84. The monoisotopic (exact) mass is 180 g/mol. The van der Waals surface area contributed by atoms with Gasteiger partial charge in [0.05, 0.1) is 6.61 Å². The zero-order chi connectivity index (χ0) is 9.72. The summed E-state index contributed by atoms with van der Waals surface area (Å²) in [6.45, 7) is -1.69. The van der Waals surface area contributed by atoms with Crippen molar-refractivity contribution in [3.05, 3.63) is 0 Å². The van der Waals surface area contributed by atoms with Crippen LogP contribution in [-0.4, -0.2) is 62.8 Å². The number of rotatable bonds is 5. The number of carbonyl (C=O) groups is 1. The van der Waals surface area contributed by atoms with E-state index in [9.17, 15) is 4.79 Å². The molecule has 72 valence electrons. The zero-order valence-electron chi connectivity index (χ0n) is 6.29. The smallest absolute Gasteiger partial charge is 0.189 e. The summed E-state index contributed by atoms with van der Waals surface area (Å²) in [7, 11) is 0. The van der Waals surface area contributed by atoms with Crippen molar-refractivity contribution < 1.29 is 30.3 Å². The van der Waals surface area contributed by atoms with E-state index in [1.165, 1.54) is 0 Å². The predicted molar refractivity (Wildman–Crippen MR) is 37.2 cm³/mol. The maximum Gasteiger partial charge on any atom is 0.189 e. The van der Waals surface area contributed by atoms with Gasteiger partial charge in [-0.1, -0.05) is 0 Å². The molecule has 0 aliphatic heterocycles. The van der Waals surface area contributed by atoms with Crippen LogP contribution in [0.15, 0.2) is 0 Å². The van der Waals surface area contributed by atoms with Crippen molar-refractivity contribution in [2.45, 2.75) is 18.3 Å². The van der Waals surface area contributed by atoms with Gasteiger partial charge in [-0.15, -0.1) is 0 Å². The van der Waals surface area contributed by atoms with Crippen LogP contribution in [0.3, 0.4) is 0 Å². The molecule has 0 radical (unpaired) electrons. The Kier molecular flexibility index (Phi) is 4.95. The lowest BCUT2D eigenvalue weighted by molar-refractivity contribution is -0.142. The molecule has 0 aromatic heterocycles. The molecule has 12 heavy (non-hydrogen) atoms. The van der Waals surface area contributed by atoms with Crippen LogP contribution < -0.4 is 0 Å². The van der Waals surface area contributed by atoms with Crippen LogP contribution in [-0.2, 0) is 4.79 Å². The number of hydrogen-bond acceptors (Lipinski definition) is 6. The first kappa shape index (κ1) is 11.5. The van der Waals surface area contributed by atoms with Crippen molar-refractivity contribution in [1.29, 1.82) is 0 Å². The van der Waals surface area contributed by atoms with Gasteiger partial charge in [0.25, 0.3) is 0 Å². The first-order valence-corrected chi connectivity index (χ1v) is 3.33. The zero-order valence-corrected chi connectivity index (χ0v) is 6.29. The van der Waals surface area contributed by atoms with E-state index in [2.05, 4.69) is 0 Å². The Morgan fingerprint density at radius 1 is 1.17 bits per heavy atom. The van der Waals surface area contributed by atoms with Gasteiger partial charge in [-0.2, -0.15) is 0 Å². The Hall–Kier alpha value is -0.530. The summed E-state index contributed by atoms with van der Waals surface area (Å²) in [4.78, 5) is 10.5. The lowest BCUT2D eigenvalue weighted by Gasteiger charge is -2.19. The summed E-state index contributed by atoms with van der Waals surface area (Å²) in [5.74, 6) is -1.00. The Bertz CT molecular complexity index is 147. The third-order valence-corrected chi connectivity index (χ3v) is 1.39. The van der Waals surface area contributed by atoms with Gasteiger partial charge in [-0.3, -0.25) is 4.79 Å². The van der Waals surface area contributed by atoms with Crippen molar-refractivity contribution in [2.24, 2.45) is 0 Å². The number of ketones is 1. The predicted octanol–water partition coefficient (Wildman–Crippen LogP) is -3.38. The highest BCUT2D eigenvalue weighted by Crippen LogP contribution is 2.00. The molecule has 0 heterocycles. The van der Waals surface area contributed by atoms with Crippen molar-refractivity contribution >= 4 is 5.78 Å². The molecule has 5 N–H and O–H groups in total. The molecule has 0 bridgehead atoms. The molecule has 3 atom stereocenters. The number of carbonyl (C=O) groups excluding carboxylic acids is 1. The molecular weight excluding hydrogens is 168 g/mol. The van der Waals surface area contributed by atoms with E-state index in [-0.39, 0.29) is 0 Å². The van der Waals surface area contributed by atoms with Crippen molar-refractivity contribution in [1.82, 2.24) is 0 Å². The number of aliphatic hydroxyl groups excluding tert-OH is 5. The van der Waals surface area contributed by atoms with Crippen LogP contribution in [0.4, 0.5) is 0 Å². The Morgan fingerprint density at radius 3 is 2.00 bits per heavy atom. The van der Waals surface area contributed by atoms with Crippen molar-refractivity contribution in [3.8, 4) is 0 Å². The average Bonchev–Trinajstić information content (AvgIpc) is 2.12. The van der Waals surface area contributed by atoms with E-state index in [1.807, 2.05) is 0 Å². The fraction of sp³-hybridized carbons (Fsp3) is 0.833. The molecule has 6 heteroatoms. The van der Waals surface area contributed by atoms with E-state index < -0.39 is 37.3 Å². The summed E-state index contributed by atoms with van der Waals surface area (Å²) < 4.78 is 0. The second-order valence-electron chi connectivity index (χ2n) is 2.31. The van der Waals surface area contributed by atoms with Gasteiger partial charge < -0.3 is 25.5 Å². The molecular formula is C6H12O6. The Balaban J connectivity index is 4.08. The fourth-order valence-electron chi connectivity index (χ4n) is 0.602. The summed E-state index contributed by atoms with van der Waals surface area (Å²) in [6.07, 6.45) is -5.22. The quantitative estimate of drug-likeness (QED) is 0.301. The lowest BCUT2D eigenvalue weighted by Crippen LogP contribution is -2.44. The van der Waals surface area contributed by atoms with Crippen LogP contribution >= 0.6 is 0 Å². The SMILES string of the molecule is O=C(CO)[C@H](O)C(O)C(O)CO. The van der Waals surface area contributed by atoms with E-state index >= 15 is 0 Å². The molecule has 0 aromatic carbocycles. The maximum atomic E-state index is 10.5. The highest BCUT2D eigenvalue weighted by atomic mass is 16.4. The van der Waals surface area contributed by atoms with Gasteiger partial charge in [0.2, 0.25) is 0 Å². The van der Waals surface area contributed by atoms with Gasteiger partial charge >= 0.3 is 0 Å². The number of aliphatic hydroxyl groups is 5. The van der Waals surface area contributed by atoms with Gasteiger partial charge in [-0.25, -0.2) is 0 Å². The highest BCUT2D eigenvalue weighted by Gasteiger charge is 2.28. The largest absolute Gasteiger partial charge is 0.394 e. The molecule has 0 fully saturated rings. The minimum atomic E-state index is -1.86. The van der Waals surface area contributed by atoms with Crippen molar-refractivity contribution in [3.63, 3.8) is 0 Å². The summed E-state index contributed by atoms with van der Waals surface area (Å²) in [5, 5.41) is 43.1. The maximum absolute atomic E-state index is 10.5. The van der Waals surface area contributed by atoms with Crippen LogP contribution in [0, 0.1) is 0 Å². The minimum Gasteiger partial charge on any atom is -0.394 e. The van der Waals surface area contributed by atoms with Crippen LogP contribution in [0.25, 0.3) is 0 Å². The number of hydrogen-bond donors (Lipinski definition) is 5. The normalized spacial score (nSPS) is 18.4. The van der Waals surface area contributed by atoms with Gasteiger partial charge in [0, 0.05) is 0 Å². The fourth-order valence-corrected chi connectivity index (χ4v) is 0.602. The topological polar surface area (TPSA) is 118 Å². The van der Waals surface area contributed by atoms with Crippen LogP contribution in [0.2, 0.25) is 0 Å². The molecule has 0 aliphatic carbocycles. The Morgan fingerprint density at radius 2 is 1.67 bits per heavy atom. The third kappa shape index (κ3) is 2.84. The van der Waals surface area contributed by atoms with Crippen molar-refractivity contribution in [2.75, 3.05) is 13.2 Å².